The highest BCUT2D eigenvalue weighted by atomic mass is 32.1. The lowest BCUT2D eigenvalue weighted by Crippen LogP contribution is -2.18. The highest BCUT2D eigenvalue weighted by Crippen LogP contribution is 2.43. The predicted molar refractivity (Wildman–Crippen MR) is 119 cm³/mol. The Kier molecular flexibility index (Phi) is 4.86. The van der Waals surface area contributed by atoms with E-state index in [9.17, 15) is 4.79 Å². The molecule has 1 aromatic carbocycles. The lowest BCUT2D eigenvalue weighted by atomic mass is 9.93. The predicted octanol–water partition coefficient (Wildman–Crippen LogP) is 4.42. The number of aromatic nitrogens is 4. The molecule has 8 heteroatoms. The second-order valence-corrected chi connectivity index (χ2v) is 8.26. The fourth-order valence-corrected chi connectivity index (χ4v) is 4.80. The second-order valence-electron chi connectivity index (χ2n) is 7.32. The SMILES string of the molecule is CCOC(=O)c1nc(-c2cccs2)c2n1CCc1cc(OC)c(-c3ccn(C)n3)cc1-2. The van der Waals surface area contributed by atoms with Crippen LogP contribution in [0.4, 0.5) is 0 Å². The maximum absolute atomic E-state index is 12.7. The Hall–Kier alpha value is -3.39. The summed E-state index contributed by atoms with van der Waals surface area (Å²) in [6.45, 7) is 2.77. The average molecular weight is 435 g/mol. The molecule has 0 atom stereocenters. The van der Waals surface area contributed by atoms with Crippen LogP contribution in [0.5, 0.6) is 5.75 Å². The molecule has 0 aliphatic carbocycles. The van der Waals surface area contributed by atoms with Gasteiger partial charge >= 0.3 is 5.97 Å². The van der Waals surface area contributed by atoms with Crippen molar-refractivity contribution < 1.29 is 14.3 Å². The number of methoxy groups -OCH3 is 1. The van der Waals surface area contributed by atoms with Gasteiger partial charge in [-0.25, -0.2) is 9.78 Å². The van der Waals surface area contributed by atoms with E-state index in [1.165, 1.54) is 0 Å². The molecule has 7 nitrogen and oxygen atoms in total. The maximum atomic E-state index is 12.7. The van der Waals surface area contributed by atoms with Crippen molar-refractivity contribution in [2.45, 2.75) is 19.9 Å². The number of esters is 1. The van der Waals surface area contributed by atoms with Gasteiger partial charge in [0, 0.05) is 30.9 Å². The average Bonchev–Trinajstić information content (AvgIpc) is 3.52. The summed E-state index contributed by atoms with van der Waals surface area (Å²) in [5.74, 6) is 0.739. The molecule has 0 N–H and O–H groups in total. The Morgan fingerprint density at radius 3 is 2.81 bits per heavy atom. The van der Waals surface area contributed by atoms with Crippen LogP contribution in [0, 0.1) is 0 Å². The van der Waals surface area contributed by atoms with E-state index in [0.29, 0.717) is 19.0 Å². The molecular weight excluding hydrogens is 412 g/mol. The number of thiophene rings is 1. The summed E-state index contributed by atoms with van der Waals surface area (Å²) in [4.78, 5) is 18.4. The number of hydrogen-bond donors (Lipinski definition) is 0. The molecule has 0 unspecified atom stereocenters. The summed E-state index contributed by atoms with van der Waals surface area (Å²) >= 11 is 1.61. The first-order valence-electron chi connectivity index (χ1n) is 10.1. The lowest BCUT2D eigenvalue weighted by Gasteiger charge is -2.22. The third-order valence-corrected chi connectivity index (χ3v) is 6.33. The molecule has 0 saturated heterocycles. The first-order valence-corrected chi connectivity index (χ1v) is 11.0. The first-order chi connectivity index (χ1) is 15.1. The van der Waals surface area contributed by atoms with E-state index in [-0.39, 0.29) is 0 Å². The minimum atomic E-state index is -0.395. The summed E-state index contributed by atoms with van der Waals surface area (Å²) in [6, 6.07) is 10.2. The van der Waals surface area contributed by atoms with Crippen LogP contribution >= 0.6 is 11.3 Å². The summed E-state index contributed by atoms with van der Waals surface area (Å²) in [6.07, 6.45) is 2.68. The minimum absolute atomic E-state index is 0.312. The zero-order chi connectivity index (χ0) is 21.5. The number of benzene rings is 1. The number of carbonyl (C=O) groups is 1. The van der Waals surface area contributed by atoms with Gasteiger partial charge in [0.25, 0.3) is 0 Å². The van der Waals surface area contributed by atoms with Gasteiger partial charge in [-0.2, -0.15) is 5.10 Å². The van der Waals surface area contributed by atoms with Crippen molar-refractivity contribution in [1.82, 2.24) is 19.3 Å². The largest absolute Gasteiger partial charge is 0.496 e. The van der Waals surface area contributed by atoms with Gasteiger partial charge in [-0.1, -0.05) is 6.07 Å². The van der Waals surface area contributed by atoms with Crippen LogP contribution in [-0.2, 0) is 24.8 Å². The van der Waals surface area contributed by atoms with Crippen LogP contribution in [-0.4, -0.2) is 39.0 Å². The van der Waals surface area contributed by atoms with Gasteiger partial charge in [0.05, 0.1) is 30.0 Å². The van der Waals surface area contributed by atoms with E-state index in [2.05, 4.69) is 17.2 Å². The zero-order valence-corrected chi connectivity index (χ0v) is 18.4. The maximum Gasteiger partial charge on any atom is 0.374 e. The van der Waals surface area contributed by atoms with Crippen LogP contribution in [0.1, 0.15) is 23.1 Å². The molecular formula is C23H22N4O3S. The van der Waals surface area contributed by atoms with Crippen LogP contribution in [0.3, 0.4) is 0 Å². The van der Waals surface area contributed by atoms with Crippen molar-refractivity contribution in [2.75, 3.05) is 13.7 Å². The molecule has 31 heavy (non-hydrogen) atoms. The van der Waals surface area contributed by atoms with Gasteiger partial charge in [-0.3, -0.25) is 4.68 Å². The fourth-order valence-electron chi connectivity index (χ4n) is 4.09. The van der Waals surface area contributed by atoms with Crippen molar-refractivity contribution in [1.29, 1.82) is 0 Å². The number of rotatable bonds is 5. The number of carbonyl (C=O) groups excluding carboxylic acids is 1. The number of nitrogens with zero attached hydrogens (tertiary/aromatic N) is 4. The normalized spacial score (nSPS) is 12.4. The molecule has 5 rings (SSSR count). The topological polar surface area (TPSA) is 71.2 Å². The number of hydrogen-bond acceptors (Lipinski definition) is 6. The van der Waals surface area contributed by atoms with E-state index < -0.39 is 5.97 Å². The van der Waals surface area contributed by atoms with Crippen molar-refractivity contribution >= 4 is 17.3 Å². The third kappa shape index (κ3) is 3.23. The highest BCUT2D eigenvalue weighted by Gasteiger charge is 2.30. The van der Waals surface area contributed by atoms with Gasteiger partial charge in [0.2, 0.25) is 5.82 Å². The second kappa shape index (κ2) is 7.70. The zero-order valence-electron chi connectivity index (χ0n) is 17.6. The molecule has 0 fully saturated rings. The molecule has 158 valence electrons. The van der Waals surface area contributed by atoms with Crippen molar-refractivity contribution in [3.05, 3.63) is 53.3 Å². The smallest absolute Gasteiger partial charge is 0.374 e. The van der Waals surface area contributed by atoms with Crippen molar-refractivity contribution in [3.63, 3.8) is 0 Å². The molecule has 1 aliphatic rings. The third-order valence-electron chi connectivity index (χ3n) is 5.45. The minimum Gasteiger partial charge on any atom is -0.496 e. The summed E-state index contributed by atoms with van der Waals surface area (Å²) in [5.41, 5.74) is 5.69. The molecule has 0 saturated carbocycles. The van der Waals surface area contributed by atoms with E-state index in [0.717, 1.165) is 50.8 Å². The molecule has 4 aromatic rings. The standard InChI is InChI=1S/C23H22N4O3S/c1-4-30-23(28)22-24-20(19-6-5-11-31-19)21-15-13-16(17-8-9-26(2)25-17)18(29-3)12-14(15)7-10-27(21)22/h5-6,8-9,11-13H,4,7,10H2,1-3H3. The monoisotopic (exact) mass is 434 g/mol. The van der Waals surface area contributed by atoms with Gasteiger partial charge in [-0.15, -0.1) is 11.3 Å². The van der Waals surface area contributed by atoms with E-state index >= 15 is 0 Å². The summed E-state index contributed by atoms with van der Waals surface area (Å²) in [7, 11) is 3.57. The van der Waals surface area contributed by atoms with Crippen LogP contribution in [0.2, 0.25) is 0 Å². The molecule has 0 amide bonds. The van der Waals surface area contributed by atoms with Gasteiger partial charge in [0.1, 0.15) is 11.4 Å². The number of ether oxygens (including phenoxy) is 2. The molecule has 0 spiro atoms. The van der Waals surface area contributed by atoms with Gasteiger partial charge in [-0.05, 0) is 48.6 Å². The Morgan fingerprint density at radius 2 is 2.13 bits per heavy atom. The Morgan fingerprint density at radius 1 is 1.26 bits per heavy atom. The quantitative estimate of drug-likeness (QED) is 0.435. The lowest BCUT2D eigenvalue weighted by molar-refractivity contribution is 0.0506. The van der Waals surface area contributed by atoms with Crippen molar-refractivity contribution in [3.8, 4) is 38.8 Å². The Balaban J connectivity index is 1.76. The molecule has 0 radical (unpaired) electrons. The summed E-state index contributed by atoms with van der Waals surface area (Å²) < 4.78 is 14.8. The number of aryl methyl sites for hydroxylation is 2. The van der Waals surface area contributed by atoms with E-state index in [1.54, 1.807) is 30.1 Å². The fraction of sp³-hybridized carbons (Fsp3) is 0.261. The number of imidazole rings is 1. The molecule has 1 aliphatic heterocycles. The van der Waals surface area contributed by atoms with E-state index in [1.807, 2.05) is 41.4 Å². The van der Waals surface area contributed by atoms with E-state index in [4.69, 9.17) is 14.5 Å². The van der Waals surface area contributed by atoms with Gasteiger partial charge < -0.3 is 14.0 Å². The van der Waals surface area contributed by atoms with Crippen molar-refractivity contribution in [2.24, 2.45) is 7.05 Å². The number of fused-ring (bicyclic) bond motifs is 3. The highest BCUT2D eigenvalue weighted by molar-refractivity contribution is 7.13. The molecule has 3 aromatic heterocycles. The Bertz CT molecular complexity index is 1270. The molecule has 4 heterocycles. The Labute approximate surface area is 183 Å². The molecule has 0 bridgehead atoms. The van der Waals surface area contributed by atoms with Crippen LogP contribution in [0.25, 0.3) is 33.1 Å². The van der Waals surface area contributed by atoms with Crippen LogP contribution < -0.4 is 4.74 Å². The summed E-state index contributed by atoms with van der Waals surface area (Å²) in [5, 5.41) is 6.58. The first kappa shape index (κ1) is 19.6. The van der Waals surface area contributed by atoms with Gasteiger partial charge in [0.15, 0.2) is 0 Å². The van der Waals surface area contributed by atoms with Crippen LogP contribution in [0.15, 0.2) is 41.9 Å².